The molecule has 2 aromatic rings. The van der Waals surface area contributed by atoms with Crippen LogP contribution in [0.2, 0.25) is 0 Å². The van der Waals surface area contributed by atoms with Gasteiger partial charge in [0.25, 0.3) is 0 Å². The van der Waals surface area contributed by atoms with Crippen molar-refractivity contribution in [3.05, 3.63) is 27.4 Å². The monoisotopic (exact) mass is 551 g/mol. The summed E-state index contributed by atoms with van der Waals surface area (Å²) in [5, 5.41) is 11.8. The van der Waals surface area contributed by atoms with Crippen molar-refractivity contribution in [1.82, 2.24) is 14.4 Å². The second-order valence-electron chi connectivity index (χ2n) is 8.63. The van der Waals surface area contributed by atoms with Crippen LogP contribution in [0.3, 0.4) is 0 Å². The fraction of sp³-hybridized carbons (Fsp3) is 0.609. The Kier molecular flexibility index (Phi) is 11.3. The zero-order chi connectivity index (χ0) is 22.0. The Balaban J connectivity index is 0.00000256. The number of fused-ring (bicyclic) bond motifs is 1. The molecule has 0 radical (unpaired) electrons. The average Bonchev–Trinajstić information content (AvgIpc) is 2.97. The number of carbonyl (C=O) groups is 1. The molecule has 1 aromatic heterocycles. The maximum Gasteiger partial charge on any atom is 0.340 e. The van der Waals surface area contributed by atoms with Gasteiger partial charge >= 0.3 is 5.97 Å². The lowest BCUT2D eigenvalue weighted by atomic mass is 9.93. The predicted molar refractivity (Wildman–Crippen MR) is 138 cm³/mol. The van der Waals surface area contributed by atoms with E-state index >= 15 is 0 Å². The van der Waals surface area contributed by atoms with Crippen LogP contribution in [0.5, 0.6) is 5.75 Å². The minimum atomic E-state index is -0.330. The van der Waals surface area contributed by atoms with E-state index in [1.165, 1.54) is 32.1 Å². The maximum atomic E-state index is 13.0. The van der Waals surface area contributed by atoms with Crippen molar-refractivity contribution in [1.29, 1.82) is 0 Å². The summed E-state index contributed by atoms with van der Waals surface area (Å²) >= 11 is 3.53. The molecule has 0 unspecified atom stereocenters. The Morgan fingerprint density at radius 3 is 2.38 bits per heavy atom. The second-order valence-corrected chi connectivity index (χ2v) is 9.48. The summed E-state index contributed by atoms with van der Waals surface area (Å²) in [5.74, 6) is -0.124. The fourth-order valence-electron chi connectivity index (χ4n) is 4.64. The Morgan fingerprint density at radius 2 is 1.81 bits per heavy atom. The number of hydrogen-bond donors (Lipinski definition) is 1. The fourth-order valence-corrected chi connectivity index (χ4v) is 5.10. The van der Waals surface area contributed by atoms with Gasteiger partial charge in [-0.15, -0.1) is 24.8 Å². The molecular formula is C23H36BrCl2N3O3. The molecule has 0 spiro atoms. The number of phenolic OH excluding ortho intramolecular Hbond substituents is 1. The summed E-state index contributed by atoms with van der Waals surface area (Å²) in [5.41, 5.74) is 3.17. The van der Waals surface area contributed by atoms with Gasteiger partial charge in [0, 0.05) is 42.8 Å². The summed E-state index contributed by atoms with van der Waals surface area (Å²) in [6.07, 6.45) is 6.17. The number of hydrogen-bond acceptors (Lipinski definition) is 5. The molecule has 1 aliphatic carbocycles. The molecule has 182 valence electrons. The van der Waals surface area contributed by atoms with Crippen molar-refractivity contribution in [3.8, 4) is 5.75 Å². The highest BCUT2D eigenvalue weighted by atomic mass is 79.9. The SMILES string of the molecule is CCOC(=O)c1c(CN(C)C)n(C)c2cc(Br)c(O)c(CN(C)C3CCCCC3)c12.Cl.Cl. The smallest absolute Gasteiger partial charge is 0.340 e. The van der Waals surface area contributed by atoms with E-state index in [0.29, 0.717) is 35.8 Å². The zero-order valence-corrected chi connectivity index (χ0v) is 22.8. The third-order valence-electron chi connectivity index (χ3n) is 6.19. The van der Waals surface area contributed by atoms with Crippen LogP contribution < -0.4 is 0 Å². The number of aromatic hydroxyl groups is 1. The Bertz CT molecular complexity index is 927. The first-order chi connectivity index (χ1) is 14.3. The van der Waals surface area contributed by atoms with Crippen LogP contribution in [0.25, 0.3) is 10.9 Å². The maximum absolute atomic E-state index is 13.0. The number of benzene rings is 1. The first kappa shape index (κ1) is 29.0. The Hall–Kier alpha value is -0.990. The van der Waals surface area contributed by atoms with Crippen molar-refractivity contribution in [2.75, 3.05) is 27.7 Å². The Morgan fingerprint density at radius 1 is 1.19 bits per heavy atom. The van der Waals surface area contributed by atoms with Crippen molar-refractivity contribution in [2.45, 2.75) is 58.2 Å². The second kappa shape index (κ2) is 12.5. The van der Waals surface area contributed by atoms with Crippen LogP contribution >= 0.6 is 40.7 Å². The third kappa shape index (κ3) is 5.92. The van der Waals surface area contributed by atoms with Crippen LogP contribution in [0.4, 0.5) is 0 Å². The molecule has 1 aliphatic rings. The average molecular weight is 553 g/mol. The predicted octanol–water partition coefficient (Wildman–Crippen LogP) is 5.49. The number of carbonyl (C=O) groups excluding carboxylic acids is 1. The van der Waals surface area contributed by atoms with E-state index < -0.39 is 0 Å². The molecule has 1 aromatic carbocycles. The number of ether oxygens (including phenoxy) is 1. The van der Waals surface area contributed by atoms with Gasteiger partial charge in [0.2, 0.25) is 0 Å². The summed E-state index contributed by atoms with van der Waals surface area (Å²) < 4.78 is 8.14. The van der Waals surface area contributed by atoms with Crippen LogP contribution in [0.15, 0.2) is 10.5 Å². The van der Waals surface area contributed by atoms with E-state index in [1.54, 1.807) is 0 Å². The van der Waals surface area contributed by atoms with E-state index in [9.17, 15) is 9.90 Å². The molecule has 3 rings (SSSR count). The number of rotatable bonds is 7. The molecule has 6 nitrogen and oxygen atoms in total. The highest BCUT2D eigenvalue weighted by molar-refractivity contribution is 9.10. The van der Waals surface area contributed by atoms with Crippen molar-refractivity contribution in [2.24, 2.45) is 7.05 Å². The molecule has 9 heteroatoms. The third-order valence-corrected chi connectivity index (χ3v) is 6.79. The van der Waals surface area contributed by atoms with Crippen LogP contribution in [0, 0.1) is 0 Å². The molecule has 1 fully saturated rings. The summed E-state index contributed by atoms with van der Waals surface area (Å²) in [6.45, 7) is 3.33. The van der Waals surface area contributed by atoms with Crippen LogP contribution in [0.1, 0.15) is 60.6 Å². The van der Waals surface area contributed by atoms with Crippen molar-refractivity contribution in [3.63, 3.8) is 0 Å². The van der Waals surface area contributed by atoms with Gasteiger partial charge in [0.15, 0.2) is 0 Å². The zero-order valence-electron chi connectivity index (χ0n) is 19.6. The van der Waals surface area contributed by atoms with E-state index in [4.69, 9.17) is 4.74 Å². The minimum absolute atomic E-state index is 0. The van der Waals surface area contributed by atoms with Gasteiger partial charge in [-0.2, -0.15) is 0 Å². The first-order valence-corrected chi connectivity index (χ1v) is 11.6. The van der Waals surface area contributed by atoms with Gasteiger partial charge in [-0.3, -0.25) is 4.90 Å². The van der Waals surface area contributed by atoms with E-state index in [2.05, 4.69) is 32.4 Å². The molecule has 0 bridgehead atoms. The largest absolute Gasteiger partial charge is 0.506 e. The van der Waals surface area contributed by atoms with E-state index in [0.717, 1.165) is 22.2 Å². The molecule has 0 saturated heterocycles. The number of nitrogens with zero attached hydrogens (tertiary/aromatic N) is 3. The van der Waals surface area contributed by atoms with Gasteiger partial charge < -0.3 is 19.3 Å². The van der Waals surface area contributed by atoms with Gasteiger partial charge in [-0.25, -0.2) is 4.79 Å². The van der Waals surface area contributed by atoms with Crippen molar-refractivity contribution < 1.29 is 14.6 Å². The topological polar surface area (TPSA) is 57.9 Å². The minimum Gasteiger partial charge on any atom is -0.506 e. The molecule has 0 amide bonds. The highest BCUT2D eigenvalue weighted by Gasteiger charge is 2.29. The molecule has 1 heterocycles. The van der Waals surface area contributed by atoms with Gasteiger partial charge in [-0.05, 0) is 62.9 Å². The van der Waals surface area contributed by atoms with E-state index in [1.807, 2.05) is 39.0 Å². The number of aromatic nitrogens is 1. The van der Waals surface area contributed by atoms with Gasteiger partial charge in [-0.1, -0.05) is 19.3 Å². The number of halogens is 3. The standard InChI is InChI=1S/C23H34BrN3O3.2ClH/c1-6-30-23(29)21-19(14-25(2)3)27(5)18-12-17(24)22(28)16(20(18)21)13-26(4)15-10-8-7-9-11-15;;/h12,15,28H,6-11,13-14H2,1-5H3;2*1H. The summed E-state index contributed by atoms with van der Waals surface area (Å²) in [6, 6.07) is 2.40. The molecule has 0 atom stereocenters. The lowest BCUT2D eigenvalue weighted by Crippen LogP contribution is -2.33. The Labute approximate surface area is 212 Å². The lowest BCUT2D eigenvalue weighted by molar-refractivity contribution is 0.0526. The van der Waals surface area contributed by atoms with Gasteiger partial charge in [0.05, 0.1) is 22.2 Å². The number of phenols is 1. The quantitative estimate of drug-likeness (QED) is 0.460. The molecule has 1 saturated carbocycles. The normalized spacial score (nSPS) is 14.5. The molecule has 1 N–H and O–H groups in total. The molecular weight excluding hydrogens is 517 g/mol. The summed E-state index contributed by atoms with van der Waals surface area (Å²) in [4.78, 5) is 17.4. The van der Waals surface area contributed by atoms with E-state index in [-0.39, 0.29) is 36.5 Å². The van der Waals surface area contributed by atoms with Crippen LogP contribution in [-0.4, -0.2) is 59.2 Å². The highest BCUT2D eigenvalue weighted by Crippen LogP contribution is 2.40. The number of esters is 1. The lowest BCUT2D eigenvalue weighted by Gasteiger charge is -2.31. The van der Waals surface area contributed by atoms with Crippen LogP contribution in [-0.2, 0) is 24.9 Å². The molecule has 32 heavy (non-hydrogen) atoms. The summed E-state index contributed by atoms with van der Waals surface area (Å²) in [7, 11) is 8.06. The number of aryl methyl sites for hydroxylation is 1. The molecule has 0 aliphatic heterocycles. The first-order valence-electron chi connectivity index (χ1n) is 10.8. The van der Waals surface area contributed by atoms with Crippen molar-refractivity contribution >= 4 is 57.6 Å². The van der Waals surface area contributed by atoms with Gasteiger partial charge in [0.1, 0.15) is 5.75 Å².